The number of nitrogens with zero attached hydrogens (tertiary/aromatic N) is 1. The summed E-state index contributed by atoms with van der Waals surface area (Å²) in [5.74, 6) is 0. The van der Waals surface area contributed by atoms with Crippen LogP contribution in [-0.4, -0.2) is 10.5 Å². The molecular weight excluding hydrogens is 126 g/mol. The minimum Gasteiger partial charge on any atom is -0.412 e. The van der Waals surface area contributed by atoms with Gasteiger partial charge in [0.15, 0.2) is 0 Å². The first-order valence-corrected chi connectivity index (χ1v) is 2.33. The lowest BCUT2D eigenvalue weighted by atomic mass is 10.5. The smallest absolute Gasteiger partial charge is 0.0436 e. The lowest BCUT2D eigenvalue weighted by Crippen LogP contribution is -1.63. The lowest BCUT2D eigenvalue weighted by Gasteiger charge is -1.79. The van der Waals surface area contributed by atoms with Gasteiger partial charge in [0.25, 0.3) is 0 Å². The van der Waals surface area contributed by atoms with Gasteiger partial charge in [0, 0.05) is 17.4 Å². The highest BCUT2D eigenvalue weighted by molar-refractivity contribution is 6.30. The van der Waals surface area contributed by atoms with Crippen LogP contribution in [0.3, 0.4) is 0 Å². The SMILES string of the molecule is Clc1ccncc1.O. The largest absolute Gasteiger partial charge is 0.412 e. The summed E-state index contributed by atoms with van der Waals surface area (Å²) >= 11 is 5.50. The second-order valence-corrected chi connectivity index (χ2v) is 1.60. The molecule has 3 heteroatoms. The quantitative estimate of drug-likeness (QED) is 0.516. The summed E-state index contributed by atoms with van der Waals surface area (Å²) in [4.78, 5) is 3.76. The second kappa shape index (κ2) is 3.41. The van der Waals surface area contributed by atoms with Gasteiger partial charge < -0.3 is 5.48 Å². The van der Waals surface area contributed by atoms with E-state index in [1.54, 1.807) is 24.5 Å². The van der Waals surface area contributed by atoms with Crippen molar-refractivity contribution in [3.63, 3.8) is 0 Å². The monoisotopic (exact) mass is 131 g/mol. The van der Waals surface area contributed by atoms with Crippen molar-refractivity contribution >= 4 is 11.6 Å². The average Bonchev–Trinajstić information content (AvgIpc) is 1.69. The van der Waals surface area contributed by atoms with Crippen molar-refractivity contribution in [3.8, 4) is 0 Å². The summed E-state index contributed by atoms with van der Waals surface area (Å²) in [7, 11) is 0. The van der Waals surface area contributed by atoms with Gasteiger partial charge in [0.2, 0.25) is 0 Å². The van der Waals surface area contributed by atoms with Crippen LogP contribution in [0.2, 0.25) is 5.02 Å². The van der Waals surface area contributed by atoms with E-state index in [4.69, 9.17) is 11.6 Å². The molecule has 0 spiro atoms. The van der Waals surface area contributed by atoms with Crippen LogP contribution in [0.4, 0.5) is 0 Å². The number of halogens is 1. The molecule has 2 N–H and O–H groups in total. The van der Waals surface area contributed by atoms with E-state index in [9.17, 15) is 0 Å². The molecule has 44 valence electrons. The topological polar surface area (TPSA) is 44.4 Å². The van der Waals surface area contributed by atoms with Gasteiger partial charge in [0.1, 0.15) is 0 Å². The first kappa shape index (κ1) is 7.40. The maximum Gasteiger partial charge on any atom is 0.0436 e. The summed E-state index contributed by atoms with van der Waals surface area (Å²) in [6.07, 6.45) is 3.31. The molecule has 1 aromatic heterocycles. The van der Waals surface area contributed by atoms with Crippen LogP contribution in [0.15, 0.2) is 24.5 Å². The van der Waals surface area contributed by atoms with Crippen LogP contribution >= 0.6 is 11.6 Å². The number of pyridine rings is 1. The zero-order chi connectivity index (χ0) is 5.11. The molecule has 0 unspecified atom stereocenters. The predicted octanol–water partition coefficient (Wildman–Crippen LogP) is 0.910. The Bertz CT molecular complexity index is 142. The summed E-state index contributed by atoms with van der Waals surface area (Å²) in [6, 6.07) is 3.48. The van der Waals surface area contributed by atoms with Gasteiger partial charge >= 0.3 is 0 Å². The van der Waals surface area contributed by atoms with Gasteiger partial charge in [-0.25, -0.2) is 0 Å². The average molecular weight is 132 g/mol. The van der Waals surface area contributed by atoms with E-state index in [2.05, 4.69) is 4.98 Å². The van der Waals surface area contributed by atoms with E-state index < -0.39 is 0 Å². The standard InChI is InChI=1S/C5H4ClN.H2O/c6-5-1-3-7-4-2-5;/h1-4H;1H2. The third-order valence-electron chi connectivity index (χ3n) is 0.640. The van der Waals surface area contributed by atoms with E-state index in [1.807, 2.05) is 0 Å². The first-order valence-electron chi connectivity index (χ1n) is 1.95. The normalized spacial score (nSPS) is 7.62. The van der Waals surface area contributed by atoms with Crippen molar-refractivity contribution in [2.24, 2.45) is 0 Å². The van der Waals surface area contributed by atoms with E-state index in [0.717, 1.165) is 5.02 Å². The van der Waals surface area contributed by atoms with Gasteiger partial charge in [-0.3, -0.25) is 4.98 Å². The van der Waals surface area contributed by atoms with Crippen LogP contribution in [0.5, 0.6) is 0 Å². The molecule has 8 heavy (non-hydrogen) atoms. The Balaban J connectivity index is 0.000000490. The number of aromatic nitrogens is 1. The van der Waals surface area contributed by atoms with Crippen molar-refractivity contribution in [1.29, 1.82) is 0 Å². The molecule has 0 aliphatic rings. The van der Waals surface area contributed by atoms with E-state index in [0.29, 0.717) is 0 Å². The highest BCUT2D eigenvalue weighted by Crippen LogP contribution is 2.01. The molecule has 1 aromatic rings. The molecule has 1 heterocycles. The number of hydrogen-bond acceptors (Lipinski definition) is 1. The van der Waals surface area contributed by atoms with Crippen LogP contribution in [0.25, 0.3) is 0 Å². The van der Waals surface area contributed by atoms with Crippen molar-refractivity contribution in [3.05, 3.63) is 29.5 Å². The molecule has 0 fully saturated rings. The lowest BCUT2D eigenvalue weighted by molar-refractivity contribution is 0.824. The fraction of sp³-hybridized carbons (Fsp3) is 0. The molecular formula is C5H6ClNO. The maximum atomic E-state index is 5.50. The van der Waals surface area contributed by atoms with Crippen LogP contribution < -0.4 is 0 Å². The third kappa shape index (κ3) is 1.91. The van der Waals surface area contributed by atoms with Gasteiger partial charge in [-0.15, -0.1) is 0 Å². The minimum absolute atomic E-state index is 0. The summed E-state index contributed by atoms with van der Waals surface area (Å²) < 4.78 is 0. The number of rotatable bonds is 0. The molecule has 0 saturated carbocycles. The van der Waals surface area contributed by atoms with Gasteiger partial charge in [-0.1, -0.05) is 11.6 Å². The molecule has 0 saturated heterocycles. The Hall–Kier alpha value is -0.600. The Morgan fingerprint density at radius 1 is 1.25 bits per heavy atom. The Kier molecular flexibility index (Phi) is 3.15. The van der Waals surface area contributed by atoms with E-state index in [-0.39, 0.29) is 5.48 Å². The highest BCUT2D eigenvalue weighted by Gasteiger charge is 1.75. The van der Waals surface area contributed by atoms with Crippen molar-refractivity contribution < 1.29 is 5.48 Å². The van der Waals surface area contributed by atoms with Gasteiger partial charge in [-0.2, -0.15) is 0 Å². The predicted molar refractivity (Wildman–Crippen MR) is 32.9 cm³/mol. The van der Waals surface area contributed by atoms with Crippen LogP contribution in [-0.2, 0) is 0 Å². The van der Waals surface area contributed by atoms with Crippen LogP contribution in [0, 0.1) is 0 Å². The minimum atomic E-state index is 0. The van der Waals surface area contributed by atoms with Gasteiger partial charge in [-0.05, 0) is 12.1 Å². The molecule has 0 aromatic carbocycles. The van der Waals surface area contributed by atoms with Crippen molar-refractivity contribution in [2.75, 3.05) is 0 Å². The fourth-order valence-electron chi connectivity index (χ4n) is 0.334. The van der Waals surface area contributed by atoms with E-state index >= 15 is 0 Å². The van der Waals surface area contributed by atoms with Crippen LogP contribution in [0.1, 0.15) is 0 Å². The molecule has 0 atom stereocenters. The zero-order valence-electron chi connectivity index (χ0n) is 4.13. The fourth-order valence-corrected chi connectivity index (χ4v) is 0.446. The molecule has 1 rings (SSSR count). The maximum absolute atomic E-state index is 5.50. The molecule has 0 aliphatic carbocycles. The Morgan fingerprint density at radius 2 is 1.75 bits per heavy atom. The molecule has 0 bridgehead atoms. The van der Waals surface area contributed by atoms with Crippen molar-refractivity contribution in [2.45, 2.75) is 0 Å². The van der Waals surface area contributed by atoms with Crippen molar-refractivity contribution in [1.82, 2.24) is 4.98 Å². The summed E-state index contributed by atoms with van der Waals surface area (Å²) in [6.45, 7) is 0. The molecule has 0 amide bonds. The summed E-state index contributed by atoms with van der Waals surface area (Å²) in [5, 5.41) is 0.731. The first-order chi connectivity index (χ1) is 3.39. The summed E-state index contributed by atoms with van der Waals surface area (Å²) in [5.41, 5.74) is 0. The van der Waals surface area contributed by atoms with E-state index in [1.165, 1.54) is 0 Å². The highest BCUT2D eigenvalue weighted by atomic mass is 35.5. The Morgan fingerprint density at radius 3 is 2.00 bits per heavy atom. The molecule has 0 radical (unpaired) electrons. The third-order valence-corrected chi connectivity index (χ3v) is 0.892. The van der Waals surface area contributed by atoms with Gasteiger partial charge in [0.05, 0.1) is 0 Å². The molecule has 0 aliphatic heterocycles. The zero-order valence-corrected chi connectivity index (χ0v) is 4.89. The number of hydrogen-bond donors (Lipinski definition) is 0. The molecule has 2 nitrogen and oxygen atoms in total. The Labute approximate surface area is 52.4 Å². The second-order valence-electron chi connectivity index (χ2n) is 1.17.